The molecule has 0 N–H and O–H groups in total. The summed E-state index contributed by atoms with van der Waals surface area (Å²) in [5.41, 5.74) is -0.649. The van der Waals surface area contributed by atoms with Crippen LogP contribution in [0.1, 0.15) is 11.1 Å². The molecule has 0 aliphatic carbocycles. The second-order valence-corrected chi connectivity index (χ2v) is 4.52. The first-order valence-electron chi connectivity index (χ1n) is 6.09. The number of halogens is 3. The van der Waals surface area contributed by atoms with Crippen LogP contribution in [-0.4, -0.2) is 30.1 Å². The highest BCUT2D eigenvalue weighted by molar-refractivity contribution is 5.87. The van der Waals surface area contributed by atoms with Crippen molar-refractivity contribution in [3.05, 3.63) is 48.0 Å². The van der Waals surface area contributed by atoms with E-state index in [0.29, 0.717) is 13.2 Å². The van der Waals surface area contributed by atoms with Crippen LogP contribution in [0.3, 0.4) is 0 Å². The molecule has 1 saturated heterocycles. The lowest BCUT2D eigenvalue weighted by Gasteiger charge is -2.37. The van der Waals surface area contributed by atoms with Crippen molar-refractivity contribution in [1.82, 2.24) is 4.90 Å². The Morgan fingerprint density at radius 1 is 1.40 bits per heavy atom. The second-order valence-electron chi connectivity index (χ2n) is 4.52. The van der Waals surface area contributed by atoms with Gasteiger partial charge in [0.2, 0.25) is 5.91 Å². The zero-order chi connectivity index (χ0) is 14.8. The van der Waals surface area contributed by atoms with Gasteiger partial charge in [-0.15, -0.1) is 0 Å². The molecule has 0 spiro atoms. The Hall–Kier alpha value is -1.82. The topological polar surface area (TPSA) is 29.5 Å². The first kappa shape index (κ1) is 14.6. The van der Waals surface area contributed by atoms with Crippen LogP contribution < -0.4 is 0 Å². The predicted molar refractivity (Wildman–Crippen MR) is 66.8 cm³/mol. The van der Waals surface area contributed by atoms with Gasteiger partial charge in [-0.1, -0.05) is 24.8 Å². The SMILES string of the molecule is C=CC(=O)N(Cc1ccccc1C(F)(F)F)C1COC1. The molecule has 0 atom stereocenters. The normalized spacial score (nSPS) is 15.6. The van der Waals surface area contributed by atoms with Gasteiger partial charge in [0, 0.05) is 6.54 Å². The van der Waals surface area contributed by atoms with E-state index >= 15 is 0 Å². The van der Waals surface area contributed by atoms with Crippen molar-refractivity contribution in [2.75, 3.05) is 13.2 Å². The van der Waals surface area contributed by atoms with Crippen LogP contribution >= 0.6 is 0 Å². The Labute approximate surface area is 114 Å². The second kappa shape index (κ2) is 5.66. The average molecular weight is 285 g/mol. The molecule has 0 saturated carbocycles. The fraction of sp³-hybridized carbons (Fsp3) is 0.357. The molecule has 1 amide bonds. The van der Waals surface area contributed by atoms with Gasteiger partial charge in [-0.25, -0.2) is 0 Å². The summed E-state index contributed by atoms with van der Waals surface area (Å²) in [5.74, 6) is -0.393. The number of ether oxygens (including phenoxy) is 1. The van der Waals surface area contributed by atoms with E-state index in [1.165, 1.54) is 23.1 Å². The molecule has 0 unspecified atom stereocenters. The Morgan fingerprint density at radius 2 is 2.05 bits per heavy atom. The van der Waals surface area contributed by atoms with E-state index in [2.05, 4.69) is 6.58 Å². The average Bonchev–Trinajstić information content (AvgIpc) is 2.34. The minimum Gasteiger partial charge on any atom is -0.377 e. The molecule has 1 heterocycles. The molecule has 108 valence electrons. The summed E-state index contributed by atoms with van der Waals surface area (Å²) in [6.07, 6.45) is -3.33. The van der Waals surface area contributed by atoms with E-state index in [4.69, 9.17) is 4.74 Å². The fourth-order valence-corrected chi connectivity index (χ4v) is 2.03. The van der Waals surface area contributed by atoms with Crippen molar-refractivity contribution < 1.29 is 22.7 Å². The van der Waals surface area contributed by atoms with Crippen LogP contribution in [-0.2, 0) is 22.3 Å². The number of hydrogen-bond acceptors (Lipinski definition) is 2. The largest absolute Gasteiger partial charge is 0.416 e. The molecule has 0 radical (unpaired) electrons. The molecule has 1 aliphatic rings. The fourth-order valence-electron chi connectivity index (χ4n) is 2.03. The maximum Gasteiger partial charge on any atom is 0.416 e. The van der Waals surface area contributed by atoms with E-state index in [9.17, 15) is 18.0 Å². The summed E-state index contributed by atoms with van der Waals surface area (Å²) in [6.45, 7) is 3.96. The van der Waals surface area contributed by atoms with Crippen molar-refractivity contribution in [3.63, 3.8) is 0 Å². The minimum atomic E-state index is -4.43. The van der Waals surface area contributed by atoms with Crippen molar-refractivity contribution in [1.29, 1.82) is 0 Å². The van der Waals surface area contributed by atoms with Gasteiger partial charge >= 0.3 is 6.18 Å². The molecule has 3 nitrogen and oxygen atoms in total. The first-order valence-corrected chi connectivity index (χ1v) is 6.09. The molecule has 1 fully saturated rings. The lowest BCUT2D eigenvalue weighted by molar-refractivity contribution is -0.144. The molecule has 1 aromatic rings. The summed E-state index contributed by atoms with van der Waals surface area (Å²) >= 11 is 0. The van der Waals surface area contributed by atoms with Crippen molar-refractivity contribution >= 4 is 5.91 Å². The number of nitrogens with zero attached hydrogens (tertiary/aromatic N) is 1. The molecule has 1 aliphatic heterocycles. The zero-order valence-corrected chi connectivity index (χ0v) is 10.7. The molecular weight excluding hydrogens is 271 g/mol. The lowest BCUT2D eigenvalue weighted by Crippen LogP contribution is -2.50. The molecular formula is C14H14F3NO2. The van der Waals surface area contributed by atoms with Crippen molar-refractivity contribution in [2.24, 2.45) is 0 Å². The Balaban J connectivity index is 2.26. The minimum absolute atomic E-state index is 0.0714. The van der Waals surface area contributed by atoms with Crippen LogP contribution in [0.5, 0.6) is 0 Å². The Bertz CT molecular complexity index is 509. The van der Waals surface area contributed by atoms with Gasteiger partial charge in [0.05, 0.1) is 24.8 Å². The number of carbonyl (C=O) groups is 1. The van der Waals surface area contributed by atoms with Gasteiger partial charge in [0.1, 0.15) is 0 Å². The molecule has 0 bridgehead atoms. The van der Waals surface area contributed by atoms with E-state index in [0.717, 1.165) is 12.1 Å². The maximum absolute atomic E-state index is 12.9. The third-order valence-corrected chi connectivity index (χ3v) is 3.18. The van der Waals surface area contributed by atoms with Gasteiger partial charge < -0.3 is 9.64 Å². The van der Waals surface area contributed by atoms with E-state index in [1.54, 1.807) is 0 Å². The number of benzene rings is 1. The van der Waals surface area contributed by atoms with Crippen molar-refractivity contribution in [2.45, 2.75) is 18.8 Å². The first-order chi connectivity index (χ1) is 9.43. The smallest absolute Gasteiger partial charge is 0.377 e. The molecule has 2 rings (SSSR count). The standard InChI is InChI=1S/C14H14F3NO2/c1-2-13(19)18(11-8-20-9-11)7-10-5-3-4-6-12(10)14(15,16)17/h2-6,11H,1,7-9H2. The monoisotopic (exact) mass is 285 g/mol. The van der Waals surface area contributed by atoms with E-state index < -0.39 is 17.6 Å². The van der Waals surface area contributed by atoms with Crippen LogP contribution in [0.15, 0.2) is 36.9 Å². The third kappa shape index (κ3) is 3.01. The number of hydrogen-bond donors (Lipinski definition) is 0. The Morgan fingerprint density at radius 3 is 2.55 bits per heavy atom. The quantitative estimate of drug-likeness (QED) is 0.796. The van der Waals surface area contributed by atoms with E-state index in [-0.39, 0.29) is 18.2 Å². The zero-order valence-electron chi connectivity index (χ0n) is 10.7. The number of amides is 1. The molecule has 6 heteroatoms. The lowest BCUT2D eigenvalue weighted by atomic mass is 10.1. The summed E-state index contributed by atoms with van der Waals surface area (Å²) in [5, 5.41) is 0. The highest BCUT2D eigenvalue weighted by atomic mass is 19.4. The van der Waals surface area contributed by atoms with Gasteiger partial charge in [0.25, 0.3) is 0 Å². The third-order valence-electron chi connectivity index (χ3n) is 3.18. The van der Waals surface area contributed by atoms with Crippen LogP contribution in [0, 0.1) is 0 Å². The summed E-state index contributed by atoms with van der Waals surface area (Å²) in [6, 6.07) is 5.06. The van der Waals surface area contributed by atoms with Gasteiger partial charge in [-0.3, -0.25) is 4.79 Å². The summed E-state index contributed by atoms with van der Waals surface area (Å²) in [4.78, 5) is 13.1. The van der Waals surface area contributed by atoms with Crippen molar-refractivity contribution in [3.8, 4) is 0 Å². The Kier molecular flexibility index (Phi) is 4.13. The van der Waals surface area contributed by atoms with Crippen LogP contribution in [0.4, 0.5) is 13.2 Å². The molecule has 1 aromatic carbocycles. The number of carbonyl (C=O) groups excluding carboxylic acids is 1. The van der Waals surface area contributed by atoms with Crippen LogP contribution in [0.25, 0.3) is 0 Å². The highest BCUT2D eigenvalue weighted by Crippen LogP contribution is 2.32. The van der Waals surface area contributed by atoms with Gasteiger partial charge in [0.15, 0.2) is 0 Å². The highest BCUT2D eigenvalue weighted by Gasteiger charge is 2.35. The maximum atomic E-state index is 12.9. The summed E-state index contributed by atoms with van der Waals surface area (Å²) < 4.78 is 43.8. The molecule has 20 heavy (non-hydrogen) atoms. The van der Waals surface area contributed by atoms with Gasteiger partial charge in [-0.2, -0.15) is 13.2 Å². The predicted octanol–water partition coefficient (Wildman–Crippen LogP) is 2.62. The molecule has 0 aromatic heterocycles. The van der Waals surface area contributed by atoms with Gasteiger partial charge in [-0.05, 0) is 17.7 Å². The van der Waals surface area contributed by atoms with E-state index in [1.807, 2.05) is 0 Å². The van der Waals surface area contributed by atoms with Crippen LogP contribution in [0.2, 0.25) is 0 Å². The number of alkyl halides is 3. The summed E-state index contributed by atoms with van der Waals surface area (Å²) in [7, 11) is 0. The number of rotatable bonds is 4.